The predicted molar refractivity (Wildman–Crippen MR) is 52.2 cm³/mol. The van der Waals surface area contributed by atoms with Gasteiger partial charge < -0.3 is 4.74 Å². The number of carbonyl (C=O) groups is 1. The maximum atomic E-state index is 13.0. The van der Waals surface area contributed by atoms with E-state index >= 15 is 0 Å². The second-order valence-corrected chi connectivity index (χ2v) is 3.44. The molecule has 0 heterocycles. The number of aldehydes is 1. The maximum Gasteiger partial charge on any atom is 0.327 e. The van der Waals surface area contributed by atoms with Crippen molar-refractivity contribution >= 4 is 6.29 Å². The first kappa shape index (κ1) is 11.6. The summed E-state index contributed by atoms with van der Waals surface area (Å²) < 4.78 is 31.2. The van der Waals surface area contributed by atoms with E-state index < -0.39 is 5.92 Å². The molecule has 0 saturated heterocycles. The van der Waals surface area contributed by atoms with Crippen LogP contribution in [0.1, 0.15) is 19.4 Å². The van der Waals surface area contributed by atoms with Gasteiger partial charge in [0, 0.05) is 5.56 Å². The minimum absolute atomic E-state index is 0.0925. The molecule has 0 spiro atoms. The first-order valence-electron chi connectivity index (χ1n) is 4.57. The van der Waals surface area contributed by atoms with Gasteiger partial charge in [0.2, 0.25) is 0 Å². The highest BCUT2D eigenvalue weighted by Crippen LogP contribution is 2.28. The Balaban J connectivity index is 2.97. The third-order valence-corrected chi connectivity index (χ3v) is 1.74. The third-order valence-electron chi connectivity index (χ3n) is 1.74. The minimum Gasteiger partial charge on any atom is -0.491 e. The zero-order valence-electron chi connectivity index (χ0n) is 8.54. The van der Waals surface area contributed by atoms with Crippen molar-refractivity contribution in [3.63, 3.8) is 0 Å². The van der Waals surface area contributed by atoms with Crippen LogP contribution < -0.4 is 4.74 Å². The first-order chi connectivity index (χ1) is 6.95. The van der Waals surface area contributed by atoms with Crippen LogP contribution in [0.15, 0.2) is 24.3 Å². The van der Waals surface area contributed by atoms with Crippen LogP contribution in [-0.2, 0) is 10.7 Å². The molecule has 15 heavy (non-hydrogen) atoms. The Bertz CT molecular complexity index is 348. The van der Waals surface area contributed by atoms with E-state index in [0.717, 1.165) is 0 Å². The number of halogens is 2. The number of hydrogen-bond acceptors (Lipinski definition) is 2. The zero-order valence-corrected chi connectivity index (χ0v) is 8.54. The lowest BCUT2D eigenvalue weighted by atomic mass is 10.1. The molecule has 0 aliphatic heterocycles. The van der Waals surface area contributed by atoms with Gasteiger partial charge in [-0.3, -0.25) is 4.79 Å². The minimum atomic E-state index is -3.45. The summed E-state index contributed by atoms with van der Waals surface area (Å²) in [6.45, 7) is 3.59. The molecule has 0 unspecified atom stereocenters. The molecule has 0 saturated carbocycles. The lowest BCUT2D eigenvalue weighted by Gasteiger charge is -2.13. The van der Waals surface area contributed by atoms with Crippen LogP contribution in [0.5, 0.6) is 5.75 Å². The summed E-state index contributed by atoms with van der Waals surface area (Å²) in [7, 11) is 0. The highest BCUT2D eigenvalue weighted by molar-refractivity contribution is 5.63. The molecular weight excluding hydrogens is 202 g/mol. The molecule has 0 radical (unpaired) electrons. The molecule has 2 nitrogen and oxygen atoms in total. The van der Waals surface area contributed by atoms with Crippen LogP contribution in [0.4, 0.5) is 8.78 Å². The fourth-order valence-electron chi connectivity index (χ4n) is 1.12. The topological polar surface area (TPSA) is 26.3 Å². The van der Waals surface area contributed by atoms with Crippen LogP contribution in [0, 0.1) is 0 Å². The van der Waals surface area contributed by atoms with Crippen molar-refractivity contribution in [2.75, 3.05) is 0 Å². The van der Waals surface area contributed by atoms with E-state index in [2.05, 4.69) is 0 Å². The van der Waals surface area contributed by atoms with Crippen LogP contribution in [0.25, 0.3) is 0 Å². The lowest BCUT2D eigenvalue weighted by Crippen LogP contribution is -2.15. The van der Waals surface area contributed by atoms with E-state index in [1.807, 2.05) is 0 Å². The third kappa shape index (κ3) is 3.01. The second-order valence-electron chi connectivity index (χ2n) is 3.44. The molecule has 1 rings (SSSR count). The van der Waals surface area contributed by atoms with Crippen LogP contribution >= 0.6 is 0 Å². The Labute approximate surface area is 86.9 Å². The van der Waals surface area contributed by atoms with Crippen molar-refractivity contribution in [1.82, 2.24) is 0 Å². The van der Waals surface area contributed by atoms with Gasteiger partial charge in [0.15, 0.2) is 6.29 Å². The summed E-state index contributed by atoms with van der Waals surface area (Å²) in [5.74, 6) is -3.11. The lowest BCUT2D eigenvalue weighted by molar-refractivity contribution is -0.130. The van der Waals surface area contributed by atoms with Gasteiger partial charge in [0.1, 0.15) is 5.75 Å². The van der Waals surface area contributed by atoms with Crippen molar-refractivity contribution in [2.24, 2.45) is 0 Å². The summed E-state index contributed by atoms with van der Waals surface area (Å²) in [5, 5.41) is 0. The van der Waals surface area contributed by atoms with Gasteiger partial charge in [0.25, 0.3) is 0 Å². The van der Waals surface area contributed by atoms with Crippen LogP contribution in [0.3, 0.4) is 0 Å². The smallest absolute Gasteiger partial charge is 0.327 e. The summed E-state index contributed by atoms with van der Waals surface area (Å²) in [5.41, 5.74) is -0.351. The Morgan fingerprint density at radius 3 is 2.60 bits per heavy atom. The number of benzene rings is 1. The van der Waals surface area contributed by atoms with E-state index in [1.165, 1.54) is 18.2 Å². The monoisotopic (exact) mass is 214 g/mol. The van der Waals surface area contributed by atoms with Gasteiger partial charge in [0.05, 0.1) is 6.10 Å². The molecule has 0 amide bonds. The average molecular weight is 214 g/mol. The summed E-state index contributed by atoms with van der Waals surface area (Å²) in [4.78, 5) is 10.2. The molecule has 0 aliphatic rings. The van der Waals surface area contributed by atoms with E-state index in [0.29, 0.717) is 5.75 Å². The molecule has 1 aromatic rings. The van der Waals surface area contributed by atoms with Gasteiger partial charge in [-0.05, 0) is 26.0 Å². The SMILES string of the molecule is CC(C)Oc1cccc(C(F)(F)C=O)c1. The molecule has 0 atom stereocenters. The molecule has 82 valence electrons. The summed E-state index contributed by atoms with van der Waals surface area (Å²) in [6.07, 6.45) is -0.466. The van der Waals surface area contributed by atoms with Crippen molar-refractivity contribution in [3.8, 4) is 5.75 Å². The van der Waals surface area contributed by atoms with Crippen molar-refractivity contribution in [2.45, 2.75) is 25.9 Å². The Morgan fingerprint density at radius 1 is 1.40 bits per heavy atom. The van der Waals surface area contributed by atoms with Crippen molar-refractivity contribution in [3.05, 3.63) is 29.8 Å². The largest absolute Gasteiger partial charge is 0.491 e. The van der Waals surface area contributed by atoms with Gasteiger partial charge in [-0.15, -0.1) is 0 Å². The molecular formula is C11H12F2O2. The normalized spacial score (nSPS) is 11.5. The maximum absolute atomic E-state index is 13.0. The zero-order chi connectivity index (χ0) is 11.5. The second kappa shape index (κ2) is 4.38. The van der Waals surface area contributed by atoms with Crippen LogP contribution in [-0.4, -0.2) is 12.4 Å². The van der Waals surface area contributed by atoms with E-state index in [1.54, 1.807) is 19.9 Å². The highest BCUT2D eigenvalue weighted by Gasteiger charge is 2.30. The molecule has 1 aromatic carbocycles. The highest BCUT2D eigenvalue weighted by atomic mass is 19.3. The molecule has 0 fully saturated rings. The molecule has 0 N–H and O–H groups in total. The Hall–Kier alpha value is -1.45. The van der Waals surface area contributed by atoms with Crippen molar-refractivity contribution < 1.29 is 18.3 Å². The van der Waals surface area contributed by atoms with E-state index in [-0.39, 0.29) is 18.0 Å². The van der Waals surface area contributed by atoms with E-state index in [9.17, 15) is 13.6 Å². The fourth-order valence-corrected chi connectivity index (χ4v) is 1.12. The standard InChI is InChI=1S/C11H12F2O2/c1-8(2)15-10-5-3-4-9(6-10)11(12,13)7-14/h3-8H,1-2H3. The predicted octanol–water partition coefficient (Wildman–Crippen LogP) is 2.76. The Morgan fingerprint density at radius 2 is 2.07 bits per heavy atom. The molecule has 4 heteroatoms. The number of alkyl halides is 2. The quantitative estimate of drug-likeness (QED) is 0.720. The first-order valence-corrected chi connectivity index (χ1v) is 4.57. The summed E-state index contributed by atoms with van der Waals surface area (Å²) in [6, 6.07) is 5.38. The summed E-state index contributed by atoms with van der Waals surface area (Å²) >= 11 is 0. The number of carbonyl (C=O) groups excluding carboxylic acids is 1. The van der Waals surface area contributed by atoms with E-state index in [4.69, 9.17) is 4.74 Å². The molecule has 0 bridgehead atoms. The van der Waals surface area contributed by atoms with Crippen LogP contribution in [0.2, 0.25) is 0 Å². The van der Waals surface area contributed by atoms with Gasteiger partial charge >= 0.3 is 5.92 Å². The number of ether oxygens (including phenoxy) is 1. The average Bonchev–Trinajstić information content (AvgIpc) is 2.17. The van der Waals surface area contributed by atoms with Gasteiger partial charge in [-0.25, -0.2) is 0 Å². The van der Waals surface area contributed by atoms with Crippen molar-refractivity contribution in [1.29, 1.82) is 0 Å². The fraction of sp³-hybridized carbons (Fsp3) is 0.364. The van der Waals surface area contributed by atoms with Gasteiger partial charge in [-0.2, -0.15) is 8.78 Å². The number of hydrogen-bond donors (Lipinski definition) is 0. The molecule has 0 aromatic heterocycles. The molecule has 0 aliphatic carbocycles. The Kier molecular flexibility index (Phi) is 3.39. The number of rotatable bonds is 4. The van der Waals surface area contributed by atoms with Gasteiger partial charge in [-0.1, -0.05) is 12.1 Å².